The van der Waals surface area contributed by atoms with E-state index >= 15 is 0 Å². The number of rotatable bonds is 2. The number of anilines is 1. The standard InChI is InChI=1S/C17H19NO4/c1-18-13-9-5-4-7-11(13)12-8-6-10-14(21-2)17(12,15(18)19)16(20)22-3/h4-7,9-10,12,14H,8H2,1-3H3/t12-,14-,17-/m0/s1. The largest absolute Gasteiger partial charge is 0.468 e. The zero-order valence-electron chi connectivity index (χ0n) is 12.9. The maximum atomic E-state index is 13.1. The van der Waals surface area contributed by atoms with E-state index in [4.69, 9.17) is 9.47 Å². The third-order valence-electron chi connectivity index (χ3n) is 4.79. The Morgan fingerprint density at radius 2 is 2.05 bits per heavy atom. The summed E-state index contributed by atoms with van der Waals surface area (Å²) in [6, 6.07) is 7.67. The summed E-state index contributed by atoms with van der Waals surface area (Å²) in [4.78, 5) is 27.3. The first-order valence-electron chi connectivity index (χ1n) is 7.24. The summed E-state index contributed by atoms with van der Waals surface area (Å²) in [6.45, 7) is 0. The molecule has 2 aliphatic rings. The van der Waals surface area contributed by atoms with Gasteiger partial charge in [-0.2, -0.15) is 0 Å². The van der Waals surface area contributed by atoms with Crippen LogP contribution >= 0.6 is 0 Å². The second-order valence-corrected chi connectivity index (χ2v) is 5.66. The van der Waals surface area contributed by atoms with E-state index in [1.807, 2.05) is 30.3 Å². The van der Waals surface area contributed by atoms with Crippen LogP contribution < -0.4 is 4.90 Å². The molecular weight excluding hydrogens is 282 g/mol. The molecule has 0 bridgehead atoms. The Hall–Kier alpha value is -2.14. The van der Waals surface area contributed by atoms with Crippen molar-refractivity contribution in [2.75, 3.05) is 26.2 Å². The van der Waals surface area contributed by atoms with Gasteiger partial charge < -0.3 is 14.4 Å². The van der Waals surface area contributed by atoms with E-state index in [9.17, 15) is 9.59 Å². The fourth-order valence-electron chi connectivity index (χ4n) is 3.77. The van der Waals surface area contributed by atoms with Crippen LogP contribution in [0.1, 0.15) is 17.9 Å². The molecule has 3 atom stereocenters. The highest BCUT2D eigenvalue weighted by Crippen LogP contribution is 2.53. The summed E-state index contributed by atoms with van der Waals surface area (Å²) in [7, 11) is 4.51. The van der Waals surface area contributed by atoms with Gasteiger partial charge in [0.25, 0.3) is 0 Å². The summed E-state index contributed by atoms with van der Waals surface area (Å²) in [5.74, 6) is -1.10. The van der Waals surface area contributed by atoms with Crippen molar-refractivity contribution in [3.8, 4) is 0 Å². The van der Waals surface area contributed by atoms with Crippen molar-refractivity contribution in [1.82, 2.24) is 0 Å². The number of benzene rings is 1. The average molecular weight is 301 g/mol. The van der Waals surface area contributed by atoms with Crippen molar-refractivity contribution in [2.45, 2.75) is 18.4 Å². The molecule has 22 heavy (non-hydrogen) atoms. The van der Waals surface area contributed by atoms with Crippen LogP contribution in [0, 0.1) is 5.41 Å². The lowest BCUT2D eigenvalue weighted by molar-refractivity contribution is -0.169. The Morgan fingerprint density at radius 3 is 2.73 bits per heavy atom. The van der Waals surface area contributed by atoms with Gasteiger partial charge in [0, 0.05) is 25.8 Å². The number of amides is 1. The van der Waals surface area contributed by atoms with Crippen LogP contribution in [0.15, 0.2) is 36.4 Å². The number of hydrogen-bond donors (Lipinski definition) is 0. The Balaban J connectivity index is 2.29. The summed E-state index contributed by atoms with van der Waals surface area (Å²) < 4.78 is 10.5. The van der Waals surface area contributed by atoms with Crippen molar-refractivity contribution < 1.29 is 19.1 Å². The minimum Gasteiger partial charge on any atom is -0.468 e. The Bertz CT molecular complexity index is 654. The summed E-state index contributed by atoms with van der Waals surface area (Å²) >= 11 is 0. The lowest BCUT2D eigenvalue weighted by atomic mass is 9.61. The molecule has 1 aliphatic carbocycles. The van der Waals surface area contributed by atoms with Crippen LogP contribution in [0.4, 0.5) is 5.69 Å². The summed E-state index contributed by atoms with van der Waals surface area (Å²) in [5, 5.41) is 0. The van der Waals surface area contributed by atoms with E-state index in [0.717, 1.165) is 11.3 Å². The number of esters is 1. The third-order valence-corrected chi connectivity index (χ3v) is 4.79. The van der Waals surface area contributed by atoms with E-state index in [2.05, 4.69) is 0 Å². The third kappa shape index (κ3) is 1.69. The van der Waals surface area contributed by atoms with Gasteiger partial charge in [0.05, 0.1) is 7.11 Å². The molecule has 116 valence electrons. The van der Waals surface area contributed by atoms with Crippen molar-refractivity contribution in [3.05, 3.63) is 42.0 Å². The quantitative estimate of drug-likeness (QED) is 0.475. The van der Waals surface area contributed by atoms with Crippen LogP contribution in [-0.2, 0) is 19.1 Å². The zero-order valence-corrected chi connectivity index (χ0v) is 12.9. The predicted molar refractivity (Wildman–Crippen MR) is 81.6 cm³/mol. The highest BCUT2D eigenvalue weighted by Gasteiger charge is 2.63. The van der Waals surface area contributed by atoms with Crippen molar-refractivity contribution in [1.29, 1.82) is 0 Å². The number of carbonyl (C=O) groups excluding carboxylic acids is 2. The van der Waals surface area contributed by atoms with E-state index in [0.29, 0.717) is 6.42 Å². The van der Waals surface area contributed by atoms with Gasteiger partial charge in [-0.05, 0) is 18.1 Å². The summed E-state index contributed by atoms with van der Waals surface area (Å²) in [6.07, 6.45) is 3.72. The molecule has 0 saturated carbocycles. The first kappa shape index (κ1) is 14.8. The average Bonchev–Trinajstić information content (AvgIpc) is 2.57. The highest BCUT2D eigenvalue weighted by atomic mass is 16.5. The molecule has 0 fully saturated rings. The van der Waals surface area contributed by atoms with Crippen molar-refractivity contribution in [2.24, 2.45) is 5.41 Å². The zero-order chi connectivity index (χ0) is 15.9. The molecule has 5 nitrogen and oxygen atoms in total. The number of fused-ring (bicyclic) bond motifs is 3. The van der Waals surface area contributed by atoms with Gasteiger partial charge in [-0.15, -0.1) is 0 Å². The second kappa shape index (κ2) is 5.25. The predicted octanol–water partition coefficient (Wildman–Crippen LogP) is 1.88. The first-order valence-corrected chi connectivity index (χ1v) is 7.24. The topological polar surface area (TPSA) is 55.8 Å². The fraction of sp³-hybridized carbons (Fsp3) is 0.412. The number of hydrogen-bond acceptors (Lipinski definition) is 4. The molecule has 0 radical (unpaired) electrons. The van der Waals surface area contributed by atoms with Gasteiger partial charge in [-0.25, -0.2) is 0 Å². The minimum atomic E-state index is -1.36. The van der Waals surface area contributed by atoms with Gasteiger partial charge in [0.1, 0.15) is 6.10 Å². The molecule has 1 heterocycles. The van der Waals surface area contributed by atoms with Crippen molar-refractivity contribution in [3.63, 3.8) is 0 Å². The maximum absolute atomic E-state index is 13.1. The molecule has 0 unspecified atom stereocenters. The molecule has 0 aromatic heterocycles. The van der Waals surface area contributed by atoms with Crippen LogP contribution in [-0.4, -0.2) is 39.2 Å². The van der Waals surface area contributed by atoms with Crippen LogP contribution in [0.2, 0.25) is 0 Å². The molecule has 1 aliphatic heterocycles. The van der Waals surface area contributed by atoms with Crippen molar-refractivity contribution >= 4 is 17.6 Å². The fourth-order valence-corrected chi connectivity index (χ4v) is 3.77. The first-order chi connectivity index (χ1) is 10.6. The molecule has 3 rings (SSSR count). The molecule has 0 spiro atoms. The second-order valence-electron chi connectivity index (χ2n) is 5.66. The smallest absolute Gasteiger partial charge is 0.325 e. The minimum absolute atomic E-state index is 0.278. The SMILES string of the molecule is COC(=O)[C@@]12C(=O)N(C)c3ccccc3[C@@H]1CC=C[C@@H]2OC. The molecular formula is C17H19NO4. The number of carbonyl (C=O) groups is 2. The van der Waals surface area contributed by atoms with Gasteiger partial charge >= 0.3 is 5.97 Å². The monoisotopic (exact) mass is 301 g/mol. The van der Waals surface area contributed by atoms with Gasteiger partial charge in [0.15, 0.2) is 5.41 Å². The maximum Gasteiger partial charge on any atom is 0.325 e. The van der Waals surface area contributed by atoms with Crippen LogP contribution in [0.5, 0.6) is 0 Å². The molecule has 1 aromatic rings. The van der Waals surface area contributed by atoms with Crippen LogP contribution in [0.25, 0.3) is 0 Å². The normalized spacial score (nSPS) is 29.8. The van der Waals surface area contributed by atoms with E-state index in [-0.39, 0.29) is 11.8 Å². The van der Waals surface area contributed by atoms with Gasteiger partial charge in [-0.1, -0.05) is 30.4 Å². The van der Waals surface area contributed by atoms with Gasteiger partial charge in [-0.3, -0.25) is 9.59 Å². The van der Waals surface area contributed by atoms with E-state index < -0.39 is 17.5 Å². The molecule has 1 aromatic carbocycles. The number of allylic oxidation sites excluding steroid dienone is 1. The molecule has 0 saturated heterocycles. The lowest BCUT2D eigenvalue weighted by Gasteiger charge is -2.48. The molecule has 5 heteroatoms. The lowest BCUT2D eigenvalue weighted by Crippen LogP contribution is -2.61. The number of ether oxygens (including phenoxy) is 2. The van der Waals surface area contributed by atoms with E-state index in [1.54, 1.807) is 13.1 Å². The Labute approximate surface area is 129 Å². The number of nitrogens with zero attached hydrogens (tertiary/aromatic N) is 1. The number of para-hydroxylation sites is 1. The van der Waals surface area contributed by atoms with Crippen LogP contribution in [0.3, 0.4) is 0 Å². The molecule has 1 amide bonds. The highest BCUT2D eigenvalue weighted by molar-refractivity contribution is 6.14. The van der Waals surface area contributed by atoms with E-state index in [1.165, 1.54) is 19.1 Å². The Kier molecular flexibility index (Phi) is 3.53. The molecule has 0 N–H and O–H groups in total. The number of methoxy groups -OCH3 is 2. The Morgan fingerprint density at radius 1 is 1.32 bits per heavy atom. The summed E-state index contributed by atoms with van der Waals surface area (Å²) in [5.41, 5.74) is 0.449. The van der Waals surface area contributed by atoms with Gasteiger partial charge in [0.2, 0.25) is 5.91 Å².